The molecule has 0 radical (unpaired) electrons. The van der Waals surface area contributed by atoms with Gasteiger partial charge in [-0.05, 0) is 50.2 Å². The number of nitrogens with zero attached hydrogens (tertiary/aromatic N) is 2. The van der Waals surface area contributed by atoms with Gasteiger partial charge in [-0.2, -0.15) is 13.9 Å². The highest BCUT2D eigenvalue weighted by Crippen LogP contribution is 2.26. The molecule has 2 aromatic carbocycles. The number of hydrogen-bond acceptors (Lipinski definition) is 3. The number of carbonyl (C=O) groups excluding carboxylic acids is 1. The molecule has 3 aromatic rings. The average molecular weight is 373 g/mol. The van der Waals surface area contributed by atoms with E-state index in [1.807, 2.05) is 37.3 Å². The molecule has 0 bridgehead atoms. The van der Waals surface area contributed by atoms with Gasteiger partial charge in [0.2, 0.25) is 0 Å². The van der Waals surface area contributed by atoms with Gasteiger partial charge in [-0.15, -0.1) is 0 Å². The van der Waals surface area contributed by atoms with Crippen molar-refractivity contribution in [2.75, 3.05) is 5.32 Å². The Hall–Kier alpha value is -2.67. The van der Waals surface area contributed by atoms with Crippen LogP contribution in [0.25, 0.3) is 5.69 Å². The normalized spacial score (nSPS) is 11.0. The smallest absolute Gasteiger partial charge is 0.288 e. The van der Waals surface area contributed by atoms with E-state index in [0.717, 1.165) is 11.4 Å². The minimum Gasteiger partial charge on any atom is -0.322 e. The summed E-state index contributed by atoms with van der Waals surface area (Å²) in [4.78, 5) is 13.1. The Balaban J connectivity index is 1.81. The van der Waals surface area contributed by atoms with E-state index in [2.05, 4.69) is 10.4 Å². The van der Waals surface area contributed by atoms with E-state index in [-0.39, 0.29) is 5.91 Å². The van der Waals surface area contributed by atoms with E-state index < -0.39 is 5.76 Å². The molecular weight excluding hydrogens is 356 g/mol. The lowest BCUT2D eigenvalue weighted by molar-refractivity contribution is 0.102. The third kappa shape index (κ3) is 3.94. The Morgan fingerprint density at radius 1 is 1.08 bits per heavy atom. The summed E-state index contributed by atoms with van der Waals surface area (Å²) in [5.41, 5.74) is 3.27. The summed E-state index contributed by atoms with van der Waals surface area (Å²) in [6.45, 7) is 3.62. The van der Waals surface area contributed by atoms with Gasteiger partial charge in [0.15, 0.2) is 0 Å². The molecule has 3 rings (SSSR count). The fourth-order valence-electron chi connectivity index (χ4n) is 2.71. The molecule has 1 heterocycles. The van der Waals surface area contributed by atoms with Gasteiger partial charge in [-0.3, -0.25) is 4.79 Å². The Bertz CT molecular complexity index is 909. The molecule has 134 valence electrons. The summed E-state index contributed by atoms with van der Waals surface area (Å²) < 4.78 is 26.5. The Morgan fingerprint density at radius 3 is 2.35 bits per heavy atom. The number of alkyl halides is 2. The number of aromatic nitrogens is 2. The standard InChI is InChI=1S/C19H17F2N3OS/c1-12-17(13(2)24(23-12)15-6-4-3-5-7-15)18(25)22-14-8-10-16(11-9-14)26-19(20)21/h3-11,19H,1-2H3,(H,22,25). The van der Waals surface area contributed by atoms with Crippen LogP contribution in [0.2, 0.25) is 0 Å². The van der Waals surface area contributed by atoms with Crippen LogP contribution in [0.15, 0.2) is 59.5 Å². The summed E-state index contributed by atoms with van der Waals surface area (Å²) >= 11 is 0.469. The SMILES string of the molecule is Cc1nn(-c2ccccc2)c(C)c1C(=O)Nc1ccc(SC(F)F)cc1. The highest BCUT2D eigenvalue weighted by Gasteiger charge is 2.19. The van der Waals surface area contributed by atoms with Gasteiger partial charge in [-0.25, -0.2) is 4.68 Å². The van der Waals surface area contributed by atoms with Crippen LogP contribution in [-0.2, 0) is 0 Å². The summed E-state index contributed by atoms with van der Waals surface area (Å²) in [5, 5.41) is 7.26. The minimum absolute atomic E-state index is 0.281. The molecule has 4 nitrogen and oxygen atoms in total. The molecule has 0 aliphatic rings. The van der Waals surface area contributed by atoms with Gasteiger partial charge in [0, 0.05) is 10.6 Å². The van der Waals surface area contributed by atoms with Gasteiger partial charge >= 0.3 is 0 Å². The number of anilines is 1. The molecule has 1 aromatic heterocycles. The largest absolute Gasteiger partial charge is 0.322 e. The van der Waals surface area contributed by atoms with Crippen molar-refractivity contribution in [2.24, 2.45) is 0 Å². The molecule has 26 heavy (non-hydrogen) atoms. The maximum atomic E-state index is 12.7. The molecular formula is C19H17F2N3OS. The van der Waals surface area contributed by atoms with Crippen molar-refractivity contribution in [2.45, 2.75) is 24.5 Å². The van der Waals surface area contributed by atoms with Crippen LogP contribution < -0.4 is 5.32 Å². The van der Waals surface area contributed by atoms with E-state index >= 15 is 0 Å². The molecule has 0 saturated carbocycles. The fourth-order valence-corrected chi connectivity index (χ4v) is 3.20. The number of carbonyl (C=O) groups is 1. The Labute approximate surface area is 154 Å². The van der Waals surface area contributed by atoms with Gasteiger partial charge < -0.3 is 5.32 Å². The van der Waals surface area contributed by atoms with E-state index in [9.17, 15) is 13.6 Å². The predicted octanol–water partition coefficient (Wildman–Crippen LogP) is 5.06. The first-order valence-electron chi connectivity index (χ1n) is 7.93. The first-order valence-corrected chi connectivity index (χ1v) is 8.81. The van der Waals surface area contributed by atoms with Gasteiger partial charge in [0.05, 0.1) is 22.6 Å². The van der Waals surface area contributed by atoms with Crippen LogP contribution in [0.1, 0.15) is 21.7 Å². The maximum Gasteiger partial charge on any atom is 0.288 e. The summed E-state index contributed by atoms with van der Waals surface area (Å²) in [6.07, 6.45) is 0. The molecule has 0 aliphatic heterocycles. The summed E-state index contributed by atoms with van der Waals surface area (Å²) in [5.74, 6) is -2.75. The monoisotopic (exact) mass is 373 g/mol. The first-order chi connectivity index (χ1) is 12.5. The predicted molar refractivity (Wildman–Crippen MR) is 99.3 cm³/mol. The third-order valence-corrected chi connectivity index (χ3v) is 4.58. The number of hydrogen-bond donors (Lipinski definition) is 1. The molecule has 7 heteroatoms. The van der Waals surface area contributed by atoms with E-state index in [1.165, 1.54) is 0 Å². The highest BCUT2D eigenvalue weighted by molar-refractivity contribution is 7.99. The fraction of sp³-hybridized carbons (Fsp3) is 0.158. The van der Waals surface area contributed by atoms with Gasteiger partial charge in [0.1, 0.15) is 0 Å². The number of benzene rings is 2. The van der Waals surface area contributed by atoms with Crippen molar-refractivity contribution >= 4 is 23.4 Å². The molecule has 0 fully saturated rings. The van der Waals surface area contributed by atoms with Crippen LogP contribution in [-0.4, -0.2) is 21.4 Å². The second kappa shape index (κ2) is 7.70. The zero-order valence-corrected chi connectivity index (χ0v) is 15.1. The van der Waals surface area contributed by atoms with Gasteiger partial charge in [-0.1, -0.05) is 30.0 Å². The quantitative estimate of drug-likeness (QED) is 0.636. The number of nitrogens with one attached hydrogen (secondary N) is 1. The van der Waals surface area contributed by atoms with Crippen molar-refractivity contribution in [3.05, 3.63) is 71.5 Å². The summed E-state index contributed by atoms with van der Waals surface area (Å²) in [6, 6.07) is 15.9. The number of thioether (sulfide) groups is 1. The molecule has 0 atom stereocenters. The van der Waals surface area contributed by atoms with Crippen LogP contribution in [0.5, 0.6) is 0 Å². The zero-order valence-electron chi connectivity index (χ0n) is 14.2. The van der Waals surface area contributed by atoms with Crippen molar-refractivity contribution < 1.29 is 13.6 Å². The molecule has 0 unspecified atom stereocenters. The number of para-hydroxylation sites is 1. The van der Waals surface area contributed by atoms with Crippen molar-refractivity contribution in [1.82, 2.24) is 9.78 Å². The Kier molecular flexibility index (Phi) is 5.37. The minimum atomic E-state index is -2.47. The number of aryl methyl sites for hydroxylation is 1. The van der Waals surface area contributed by atoms with Crippen molar-refractivity contribution in [1.29, 1.82) is 0 Å². The number of amides is 1. The zero-order chi connectivity index (χ0) is 18.7. The lowest BCUT2D eigenvalue weighted by Crippen LogP contribution is -2.14. The average Bonchev–Trinajstić information content (AvgIpc) is 2.91. The van der Waals surface area contributed by atoms with Crippen LogP contribution in [0, 0.1) is 13.8 Å². The number of halogens is 2. The lowest BCUT2D eigenvalue weighted by atomic mass is 10.1. The van der Waals surface area contributed by atoms with Crippen molar-refractivity contribution in [3.8, 4) is 5.69 Å². The molecule has 0 aliphatic carbocycles. The number of rotatable bonds is 5. The molecule has 1 amide bonds. The second-order valence-corrected chi connectivity index (χ2v) is 6.71. The van der Waals surface area contributed by atoms with E-state index in [0.29, 0.717) is 33.6 Å². The first kappa shape index (κ1) is 18.1. The highest BCUT2D eigenvalue weighted by atomic mass is 32.2. The van der Waals surface area contributed by atoms with E-state index in [1.54, 1.807) is 35.9 Å². The second-order valence-electron chi connectivity index (χ2n) is 5.65. The Morgan fingerprint density at radius 2 is 1.73 bits per heavy atom. The molecule has 0 spiro atoms. The van der Waals surface area contributed by atoms with Gasteiger partial charge in [0.25, 0.3) is 11.7 Å². The molecule has 1 N–H and O–H groups in total. The van der Waals surface area contributed by atoms with E-state index in [4.69, 9.17) is 0 Å². The maximum absolute atomic E-state index is 12.7. The van der Waals surface area contributed by atoms with Crippen LogP contribution in [0.4, 0.5) is 14.5 Å². The van der Waals surface area contributed by atoms with Crippen molar-refractivity contribution in [3.63, 3.8) is 0 Å². The third-order valence-electron chi connectivity index (χ3n) is 3.86. The topological polar surface area (TPSA) is 46.9 Å². The van der Waals surface area contributed by atoms with Crippen LogP contribution in [0.3, 0.4) is 0 Å². The van der Waals surface area contributed by atoms with Crippen LogP contribution >= 0.6 is 11.8 Å². The summed E-state index contributed by atoms with van der Waals surface area (Å²) in [7, 11) is 0. The molecule has 0 saturated heterocycles. The lowest BCUT2D eigenvalue weighted by Gasteiger charge is -2.08.